The molecular formula is C10H10O4. The highest BCUT2D eigenvalue weighted by Gasteiger charge is 2.15. The molecule has 1 N–H and O–H groups in total. The lowest BCUT2D eigenvalue weighted by atomic mass is 10.1. The van der Waals surface area contributed by atoms with Crippen LogP contribution >= 0.6 is 0 Å². The van der Waals surface area contributed by atoms with Crippen molar-refractivity contribution >= 4 is 12.1 Å². The molecule has 0 aromatic heterocycles. The summed E-state index contributed by atoms with van der Waals surface area (Å²) in [6.45, 7) is 1.36. The van der Waals surface area contributed by atoms with Gasteiger partial charge in [-0.25, -0.2) is 0 Å². The standard InChI is InChI=1S/C10H10O4/c1-6(12)7-3-4-9(13)8(5-11)10(7)14-2/h3-5,13H,1-2H3. The minimum Gasteiger partial charge on any atom is -0.507 e. The molecule has 0 saturated carbocycles. The number of hydrogen-bond donors (Lipinski definition) is 1. The minimum absolute atomic E-state index is 0.000185. The highest BCUT2D eigenvalue weighted by Crippen LogP contribution is 2.29. The smallest absolute Gasteiger partial charge is 0.163 e. The number of ether oxygens (including phenoxy) is 1. The first-order valence-electron chi connectivity index (χ1n) is 3.98. The zero-order valence-electron chi connectivity index (χ0n) is 7.90. The van der Waals surface area contributed by atoms with Crippen LogP contribution in [0.2, 0.25) is 0 Å². The average Bonchev–Trinajstić information content (AvgIpc) is 2.16. The normalized spacial score (nSPS) is 9.57. The van der Waals surface area contributed by atoms with Crippen molar-refractivity contribution in [3.63, 3.8) is 0 Å². The van der Waals surface area contributed by atoms with Crippen molar-refractivity contribution in [2.75, 3.05) is 7.11 Å². The SMILES string of the molecule is COc1c(C(C)=O)ccc(O)c1C=O. The minimum atomic E-state index is -0.218. The number of phenolic OH excluding ortho intramolecular Hbond substituents is 1. The first kappa shape index (κ1) is 10.2. The van der Waals surface area contributed by atoms with E-state index in [9.17, 15) is 14.7 Å². The molecule has 1 aromatic rings. The van der Waals surface area contributed by atoms with Gasteiger partial charge in [0.05, 0.1) is 18.2 Å². The van der Waals surface area contributed by atoms with Crippen LogP contribution in [0, 0.1) is 0 Å². The van der Waals surface area contributed by atoms with E-state index in [0.717, 1.165) is 0 Å². The summed E-state index contributed by atoms with van der Waals surface area (Å²) < 4.78 is 4.90. The average molecular weight is 194 g/mol. The molecule has 0 aliphatic carbocycles. The summed E-state index contributed by atoms with van der Waals surface area (Å²) in [4.78, 5) is 21.8. The molecule has 0 unspecified atom stereocenters. The van der Waals surface area contributed by atoms with Crippen LogP contribution < -0.4 is 4.74 Å². The van der Waals surface area contributed by atoms with Gasteiger partial charge in [-0.15, -0.1) is 0 Å². The fourth-order valence-electron chi connectivity index (χ4n) is 1.20. The Morgan fingerprint density at radius 3 is 2.57 bits per heavy atom. The van der Waals surface area contributed by atoms with Crippen molar-refractivity contribution in [2.45, 2.75) is 6.92 Å². The summed E-state index contributed by atoms with van der Waals surface area (Å²) in [6.07, 6.45) is 0.459. The lowest BCUT2D eigenvalue weighted by Gasteiger charge is -2.09. The molecule has 0 spiro atoms. The highest BCUT2D eigenvalue weighted by atomic mass is 16.5. The van der Waals surface area contributed by atoms with Crippen molar-refractivity contribution in [3.8, 4) is 11.5 Å². The number of aldehydes is 1. The molecule has 0 heterocycles. The number of hydrogen-bond acceptors (Lipinski definition) is 4. The molecule has 74 valence electrons. The quantitative estimate of drug-likeness (QED) is 0.583. The van der Waals surface area contributed by atoms with E-state index in [0.29, 0.717) is 6.29 Å². The fraction of sp³-hybridized carbons (Fsp3) is 0.200. The third-order valence-electron chi connectivity index (χ3n) is 1.87. The van der Waals surface area contributed by atoms with Crippen molar-refractivity contribution in [1.82, 2.24) is 0 Å². The molecule has 4 nitrogen and oxygen atoms in total. The van der Waals surface area contributed by atoms with Crippen LogP contribution in [-0.4, -0.2) is 24.3 Å². The second-order valence-electron chi connectivity index (χ2n) is 2.75. The number of aromatic hydroxyl groups is 1. The maximum atomic E-state index is 11.1. The number of rotatable bonds is 3. The number of phenols is 1. The zero-order chi connectivity index (χ0) is 10.7. The Morgan fingerprint density at radius 1 is 1.50 bits per heavy atom. The van der Waals surface area contributed by atoms with E-state index in [-0.39, 0.29) is 28.4 Å². The summed E-state index contributed by atoms with van der Waals surface area (Å²) in [5.41, 5.74) is 0.285. The van der Waals surface area contributed by atoms with Gasteiger partial charge in [-0.1, -0.05) is 0 Å². The Balaban J connectivity index is 3.48. The molecule has 0 fully saturated rings. The Hall–Kier alpha value is -1.84. The van der Waals surface area contributed by atoms with Crippen molar-refractivity contribution in [1.29, 1.82) is 0 Å². The van der Waals surface area contributed by atoms with Gasteiger partial charge < -0.3 is 9.84 Å². The Bertz CT molecular complexity index is 382. The fourth-order valence-corrected chi connectivity index (χ4v) is 1.20. The van der Waals surface area contributed by atoms with Gasteiger partial charge in [0.25, 0.3) is 0 Å². The van der Waals surface area contributed by atoms with Crippen LogP contribution in [0.5, 0.6) is 11.5 Å². The van der Waals surface area contributed by atoms with Crippen molar-refractivity contribution < 1.29 is 19.4 Å². The van der Waals surface area contributed by atoms with E-state index < -0.39 is 0 Å². The van der Waals surface area contributed by atoms with Gasteiger partial charge in [0.2, 0.25) is 0 Å². The summed E-state index contributed by atoms with van der Waals surface area (Å²) in [5.74, 6) is -0.292. The third-order valence-corrected chi connectivity index (χ3v) is 1.87. The summed E-state index contributed by atoms with van der Waals surface area (Å²) in [5, 5.41) is 9.31. The van der Waals surface area contributed by atoms with E-state index >= 15 is 0 Å². The highest BCUT2D eigenvalue weighted by molar-refractivity contribution is 6.00. The molecule has 0 aliphatic heterocycles. The lowest BCUT2D eigenvalue weighted by Crippen LogP contribution is -2.01. The van der Waals surface area contributed by atoms with Gasteiger partial charge in [0.15, 0.2) is 12.1 Å². The predicted molar refractivity (Wildman–Crippen MR) is 50.1 cm³/mol. The van der Waals surface area contributed by atoms with Gasteiger partial charge in [-0.05, 0) is 19.1 Å². The second kappa shape index (κ2) is 3.91. The molecule has 1 rings (SSSR count). The predicted octanol–water partition coefficient (Wildman–Crippen LogP) is 1.42. The molecule has 0 atom stereocenters. The summed E-state index contributed by atoms with van der Waals surface area (Å²) >= 11 is 0. The summed E-state index contributed by atoms with van der Waals surface area (Å²) in [6, 6.07) is 2.71. The Kier molecular flexibility index (Phi) is 2.86. The number of carbonyl (C=O) groups is 2. The Morgan fingerprint density at radius 2 is 2.14 bits per heavy atom. The molecule has 0 bridgehead atoms. The number of benzene rings is 1. The number of Topliss-reactive ketones (excluding diaryl/α,β-unsaturated/α-hetero) is 1. The van der Waals surface area contributed by atoms with E-state index in [1.807, 2.05) is 0 Å². The molecular weight excluding hydrogens is 184 g/mol. The van der Waals surface area contributed by atoms with Gasteiger partial charge in [0, 0.05) is 0 Å². The van der Waals surface area contributed by atoms with E-state index in [2.05, 4.69) is 0 Å². The van der Waals surface area contributed by atoms with E-state index in [1.54, 1.807) is 0 Å². The maximum Gasteiger partial charge on any atom is 0.163 e. The molecule has 14 heavy (non-hydrogen) atoms. The molecule has 0 amide bonds. The number of ketones is 1. The van der Waals surface area contributed by atoms with E-state index in [1.165, 1.54) is 26.2 Å². The topological polar surface area (TPSA) is 63.6 Å². The van der Waals surface area contributed by atoms with Crippen LogP contribution in [0.15, 0.2) is 12.1 Å². The molecule has 0 radical (unpaired) electrons. The summed E-state index contributed by atoms with van der Waals surface area (Å²) in [7, 11) is 1.34. The van der Waals surface area contributed by atoms with Crippen molar-refractivity contribution in [2.24, 2.45) is 0 Å². The van der Waals surface area contributed by atoms with Crippen LogP contribution in [0.4, 0.5) is 0 Å². The largest absolute Gasteiger partial charge is 0.507 e. The van der Waals surface area contributed by atoms with Gasteiger partial charge in [0.1, 0.15) is 11.5 Å². The first-order chi connectivity index (χ1) is 6.61. The van der Waals surface area contributed by atoms with Gasteiger partial charge >= 0.3 is 0 Å². The first-order valence-corrected chi connectivity index (χ1v) is 3.98. The molecule has 0 aliphatic rings. The van der Waals surface area contributed by atoms with Crippen LogP contribution in [-0.2, 0) is 0 Å². The van der Waals surface area contributed by atoms with Crippen molar-refractivity contribution in [3.05, 3.63) is 23.3 Å². The molecule has 4 heteroatoms. The van der Waals surface area contributed by atoms with Crippen LogP contribution in [0.25, 0.3) is 0 Å². The van der Waals surface area contributed by atoms with Gasteiger partial charge in [-0.3, -0.25) is 9.59 Å². The molecule has 1 aromatic carbocycles. The number of carbonyl (C=O) groups excluding carboxylic acids is 2. The van der Waals surface area contributed by atoms with Crippen LogP contribution in [0.3, 0.4) is 0 Å². The maximum absolute atomic E-state index is 11.1. The number of methoxy groups -OCH3 is 1. The second-order valence-corrected chi connectivity index (χ2v) is 2.75. The van der Waals surface area contributed by atoms with Gasteiger partial charge in [-0.2, -0.15) is 0 Å². The van der Waals surface area contributed by atoms with E-state index in [4.69, 9.17) is 4.74 Å². The molecule has 0 saturated heterocycles. The monoisotopic (exact) mass is 194 g/mol. The lowest BCUT2D eigenvalue weighted by molar-refractivity contribution is 0.101. The third kappa shape index (κ3) is 1.59. The van der Waals surface area contributed by atoms with Crippen LogP contribution in [0.1, 0.15) is 27.6 Å². The zero-order valence-corrected chi connectivity index (χ0v) is 7.90. The Labute approximate surface area is 81.1 Å².